The Labute approximate surface area is 93.4 Å². The van der Waals surface area contributed by atoms with Crippen LogP contribution in [0.5, 0.6) is 0 Å². The van der Waals surface area contributed by atoms with E-state index in [-0.39, 0.29) is 11.7 Å². The van der Waals surface area contributed by atoms with Gasteiger partial charge in [0.1, 0.15) is 5.82 Å². The number of carbonyl (C=O) groups is 1. The number of hydrazone groups is 1. The molecule has 0 fully saturated rings. The Hall–Kier alpha value is -1.71. The molecular formula is C12H13FN2O. The van der Waals surface area contributed by atoms with E-state index in [1.807, 2.05) is 6.07 Å². The molecule has 1 aliphatic carbocycles. The number of benzene rings is 1. The van der Waals surface area contributed by atoms with Crippen molar-refractivity contribution in [2.45, 2.75) is 26.2 Å². The molecule has 0 aromatic heterocycles. The molecule has 3 nitrogen and oxygen atoms in total. The van der Waals surface area contributed by atoms with E-state index in [4.69, 9.17) is 0 Å². The van der Waals surface area contributed by atoms with Crippen LogP contribution in [-0.2, 0) is 11.2 Å². The Kier molecular flexibility index (Phi) is 2.99. The van der Waals surface area contributed by atoms with Crippen LogP contribution in [0, 0.1) is 5.82 Å². The minimum Gasteiger partial charge on any atom is -0.273 e. The monoisotopic (exact) mass is 220 g/mol. The van der Waals surface area contributed by atoms with E-state index in [1.165, 1.54) is 6.07 Å². The zero-order valence-corrected chi connectivity index (χ0v) is 9.09. The maximum atomic E-state index is 13.4. The standard InChI is InChI=1S/C12H13FN2O/c1-2-12(16)15-14-11-7-6-8-9(11)4-3-5-10(8)13/h3-5H,2,6-7H2,1H3,(H,15,16). The van der Waals surface area contributed by atoms with Crippen molar-refractivity contribution in [1.82, 2.24) is 5.43 Å². The Morgan fingerprint density at radius 2 is 2.31 bits per heavy atom. The molecule has 2 rings (SSSR count). The van der Waals surface area contributed by atoms with Crippen molar-refractivity contribution in [2.75, 3.05) is 0 Å². The first-order valence-corrected chi connectivity index (χ1v) is 5.35. The average molecular weight is 220 g/mol. The van der Waals surface area contributed by atoms with E-state index >= 15 is 0 Å². The molecule has 1 aliphatic rings. The molecule has 0 atom stereocenters. The fourth-order valence-corrected chi connectivity index (χ4v) is 1.79. The van der Waals surface area contributed by atoms with Gasteiger partial charge in [-0.05, 0) is 24.5 Å². The maximum absolute atomic E-state index is 13.4. The van der Waals surface area contributed by atoms with Gasteiger partial charge in [-0.15, -0.1) is 0 Å². The zero-order chi connectivity index (χ0) is 11.5. The van der Waals surface area contributed by atoms with Gasteiger partial charge in [0, 0.05) is 12.0 Å². The van der Waals surface area contributed by atoms with Gasteiger partial charge in [-0.2, -0.15) is 5.10 Å². The molecule has 16 heavy (non-hydrogen) atoms. The van der Waals surface area contributed by atoms with Crippen molar-refractivity contribution >= 4 is 11.6 Å². The van der Waals surface area contributed by atoms with E-state index in [1.54, 1.807) is 13.0 Å². The number of amides is 1. The number of fused-ring (bicyclic) bond motifs is 1. The fraction of sp³-hybridized carbons (Fsp3) is 0.333. The highest BCUT2D eigenvalue weighted by Gasteiger charge is 2.20. The number of nitrogens with zero attached hydrogens (tertiary/aromatic N) is 1. The number of halogens is 1. The second-order valence-corrected chi connectivity index (χ2v) is 3.71. The molecule has 1 amide bonds. The highest BCUT2D eigenvalue weighted by molar-refractivity contribution is 6.04. The third-order valence-corrected chi connectivity index (χ3v) is 2.68. The van der Waals surface area contributed by atoms with Crippen LogP contribution in [0.4, 0.5) is 4.39 Å². The number of hydrogen-bond acceptors (Lipinski definition) is 2. The second kappa shape index (κ2) is 4.43. The van der Waals surface area contributed by atoms with Gasteiger partial charge in [-0.3, -0.25) is 4.79 Å². The van der Waals surface area contributed by atoms with E-state index in [2.05, 4.69) is 10.5 Å². The quantitative estimate of drug-likeness (QED) is 0.761. The van der Waals surface area contributed by atoms with Crippen LogP contribution >= 0.6 is 0 Å². The van der Waals surface area contributed by atoms with Gasteiger partial charge in [0.2, 0.25) is 5.91 Å². The van der Waals surface area contributed by atoms with Crippen LogP contribution in [0.3, 0.4) is 0 Å². The molecule has 0 unspecified atom stereocenters. The summed E-state index contributed by atoms with van der Waals surface area (Å²) in [5, 5.41) is 4.03. The van der Waals surface area contributed by atoms with Crippen molar-refractivity contribution < 1.29 is 9.18 Å². The Morgan fingerprint density at radius 3 is 3.06 bits per heavy atom. The summed E-state index contributed by atoms with van der Waals surface area (Å²) in [5.41, 5.74) is 4.74. The molecule has 0 saturated heterocycles. The molecule has 1 N–H and O–H groups in total. The first kappa shape index (κ1) is 10.8. The predicted molar refractivity (Wildman–Crippen MR) is 59.7 cm³/mol. The van der Waals surface area contributed by atoms with Gasteiger partial charge in [0.25, 0.3) is 0 Å². The molecule has 0 heterocycles. The third kappa shape index (κ3) is 1.96. The SMILES string of the molecule is CCC(=O)NN=C1CCc2c(F)cccc21. The molecule has 0 spiro atoms. The molecule has 0 radical (unpaired) electrons. The molecule has 84 valence electrons. The Bertz CT molecular complexity index is 454. The highest BCUT2D eigenvalue weighted by atomic mass is 19.1. The Morgan fingerprint density at radius 1 is 1.50 bits per heavy atom. The van der Waals surface area contributed by atoms with E-state index in [9.17, 15) is 9.18 Å². The lowest BCUT2D eigenvalue weighted by Crippen LogP contribution is -2.17. The lowest BCUT2D eigenvalue weighted by atomic mass is 10.1. The minimum atomic E-state index is -0.190. The molecule has 0 aliphatic heterocycles. The van der Waals surface area contributed by atoms with Crippen LogP contribution in [0.15, 0.2) is 23.3 Å². The lowest BCUT2D eigenvalue weighted by Gasteiger charge is -2.01. The third-order valence-electron chi connectivity index (χ3n) is 2.68. The summed E-state index contributed by atoms with van der Waals surface area (Å²) in [4.78, 5) is 11.1. The second-order valence-electron chi connectivity index (χ2n) is 3.71. The first-order valence-electron chi connectivity index (χ1n) is 5.35. The van der Waals surface area contributed by atoms with E-state index < -0.39 is 0 Å². The molecule has 0 saturated carbocycles. The summed E-state index contributed by atoms with van der Waals surface area (Å²) in [5.74, 6) is -0.318. The van der Waals surface area contributed by atoms with E-state index in [0.29, 0.717) is 24.8 Å². The largest absolute Gasteiger partial charge is 0.273 e. The highest BCUT2D eigenvalue weighted by Crippen LogP contribution is 2.24. The van der Waals surface area contributed by atoms with Gasteiger partial charge in [-0.25, -0.2) is 9.82 Å². The fourth-order valence-electron chi connectivity index (χ4n) is 1.79. The van der Waals surface area contributed by atoms with Crippen LogP contribution in [-0.4, -0.2) is 11.6 Å². The number of hydrogen-bond donors (Lipinski definition) is 1. The summed E-state index contributed by atoms with van der Waals surface area (Å²) in [6.07, 6.45) is 1.73. The van der Waals surface area contributed by atoms with Gasteiger partial charge >= 0.3 is 0 Å². The molecule has 0 bridgehead atoms. The van der Waals surface area contributed by atoms with Gasteiger partial charge in [0.05, 0.1) is 5.71 Å². The summed E-state index contributed by atoms with van der Waals surface area (Å²) in [6.45, 7) is 1.76. The van der Waals surface area contributed by atoms with Crippen LogP contribution in [0.1, 0.15) is 30.9 Å². The van der Waals surface area contributed by atoms with Gasteiger partial charge in [0.15, 0.2) is 0 Å². The molecule has 4 heteroatoms. The molecule has 1 aromatic rings. The average Bonchev–Trinajstić information content (AvgIpc) is 2.70. The number of nitrogens with one attached hydrogen (secondary N) is 1. The predicted octanol–water partition coefficient (Wildman–Crippen LogP) is 2.00. The van der Waals surface area contributed by atoms with Crippen molar-refractivity contribution in [3.05, 3.63) is 35.1 Å². The van der Waals surface area contributed by atoms with E-state index in [0.717, 1.165) is 11.3 Å². The van der Waals surface area contributed by atoms with Crippen molar-refractivity contribution in [3.8, 4) is 0 Å². The summed E-state index contributed by atoms with van der Waals surface area (Å²) < 4.78 is 13.4. The molecule has 1 aromatic carbocycles. The number of rotatable bonds is 2. The summed E-state index contributed by atoms with van der Waals surface area (Å²) >= 11 is 0. The van der Waals surface area contributed by atoms with Gasteiger partial charge in [-0.1, -0.05) is 19.1 Å². The van der Waals surface area contributed by atoms with Crippen molar-refractivity contribution in [2.24, 2.45) is 5.10 Å². The summed E-state index contributed by atoms with van der Waals surface area (Å²) in [6, 6.07) is 4.95. The number of carbonyl (C=O) groups excluding carboxylic acids is 1. The zero-order valence-electron chi connectivity index (χ0n) is 9.09. The maximum Gasteiger partial charge on any atom is 0.239 e. The topological polar surface area (TPSA) is 41.5 Å². The van der Waals surface area contributed by atoms with Crippen LogP contribution in [0.25, 0.3) is 0 Å². The van der Waals surface area contributed by atoms with Gasteiger partial charge < -0.3 is 0 Å². The smallest absolute Gasteiger partial charge is 0.239 e. The first-order chi connectivity index (χ1) is 7.72. The minimum absolute atomic E-state index is 0.127. The Balaban J connectivity index is 2.24. The molecular weight excluding hydrogens is 207 g/mol. The van der Waals surface area contributed by atoms with Crippen molar-refractivity contribution in [3.63, 3.8) is 0 Å². The lowest BCUT2D eigenvalue weighted by molar-refractivity contribution is -0.120. The van der Waals surface area contributed by atoms with Crippen LogP contribution < -0.4 is 5.43 Å². The van der Waals surface area contributed by atoms with Crippen LogP contribution in [0.2, 0.25) is 0 Å². The summed E-state index contributed by atoms with van der Waals surface area (Å²) in [7, 11) is 0. The normalized spacial score (nSPS) is 16.2. The van der Waals surface area contributed by atoms with Crippen molar-refractivity contribution in [1.29, 1.82) is 0 Å².